The molecule has 6 heteroatoms. The van der Waals surface area contributed by atoms with E-state index >= 15 is 0 Å². The maximum Gasteiger partial charge on any atom is 0.255 e. The van der Waals surface area contributed by atoms with Gasteiger partial charge in [0, 0.05) is 56.0 Å². The van der Waals surface area contributed by atoms with Gasteiger partial charge in [-0.2, -0.15) is 0 Å². The fourth-order valence-electron chi connectivity index (χ4n) is 2.78. The fourth-order valence-corrected chi connectivity index (χ4v) is 2.78. The Bertz CT molecular complexity index is 716. The molecule has 0 unspecified atom stereocenters. The minimum atomic E-state index is -0.0271. The zero-order valence-corrected chi connectivity index (χ0v) is 13.7. The van der Waals surface area contributed by atoms with Gasteiger partial charge in [-0.25, -0.2) is 0 Å². The van der Waals surface area contributed by atoms with Crippen LogP contribution in [0.5, 0.6) is 0 Å². The van der Waals surface area contributed by atoms with Gasteiger partial charge in [0.2, 0.25) is 0 Å². The van der Waals surface area contributed by atoms with E-state index in [9.17, 15) is 9.59 Å². The number of aromatic nitrogens is 2. The Morgan fingerprint density at radius 2 is 1.50 bits per heavy atom. The minimum absolute atomic E-state index is 0.0105. The summed E-state index contributed by atoms with van der Waals surface area (Å²) in [6, 6.07) is 7.07. The second-order valence-corrected chi connectivity index (χ2v) is 5.86. The maximum absolute atomic E-state index is 12.6. The molecular formula is C18H20N4O2. The van der Waals surface area contributed by atoms with Crippen molar-refractivity contribution in [3.8, 4) is 0 Å². The molecule has 24 heavy (non-hydrogen) atoms. The highest BCUT2D eigenvalue weighted by Crippen LogP contribution is 2.11. The lowest BCUT2D eigenvalue weighted by Crippen LogP contribution is -2.37. The van der Waals surface area contributed by atoms with Crippen molar-refractivity contribution in [3.05, 3.63) is 59.7 Å². The lowest BCUT2D eigenvalue weighted by atomic mass is 10.2. The van der Waals surface area contributed by atoms with Crippen molar-refractivity contribution in [3.63, 3.8) is 0 Å². The third-order valence-electron chi connectivity index (χ3n) is 4.16. The first kappa shape index (κ1) is 16.1. The molecule has 2 amide bonds. The predicted molar refractivity (Wildman–Crippen MR) is 89.6 cm³/mol. The average Bonchev–Trinajstić information content (AvgIpc) is 2.88. The Morgan fingerprint density at radius 1 is 0.875 bits per heavy atom. The summed E-state index contributed by atoms with van der Waals surface area (Å²) in [6.45, 7) is 4.25. The molecule has 0 spiro atoms. The summed E-state index contributed by atoms with van der Waals surface area (Å²) < 4.78 is 0. The molecule has 124 valence electrons. The number of amides is 2. The van der Waals surface area contributed by atoms with E-state index in [1.165, 1.54) is 0 Å². The monoisotopic (exact) mass is 324 g/mol. The highest BCUT2D eigenvalue weighted by atomic mass is 16.2. The summed E-state index contributed by atoms with van der Waals surface area (Å²) in [5.74, 6) is -0.0376. The second kappa shape index (κ2) is 7.21. The lowest BCUT2D eigenvalue weighted by Gasteiger charge is -2.22. The lowest BCUT2D eigenvalue weighted by molar-refractivity contribution is 0.0718. The number of rotatable bonds is 2. The van der Waals surface area contributed by atoms with Crippen LogP contribution in [0.4, 0.5) is 0 Å². The van der Waals surface area contributed by atoms with E-state index in [0.717, 1.165) is 12.1 Å². The average molecular weight is 324 g/mol. The van der Waals surface area contributed by atoms with Crippen LogP contribution < -0.4 is 0 Å². The zero-order chi connectivity index (χ0) is 16.9. The molecule has 0 N–H and O–H groups in total. The summed E-state index contributed by atoms with van der Waals surface area (Å²) in [4.78, 5) is 36.8. The van der Waals surface area contributed by atoms with Crippen molar-refractivity contribution in [2.45, 2.75) is 13.3 Å². The van der Waals surface area contributed by atoms with Crippen LogP contribution in [-0.2, 0) is 0 Å². The predicted octanol–water partition coefficient (Wildman–Crippen LogP) is 1.77. The molecule has 1 aliphatic rings. The third-order valence-corrected chi connectivity index (χ3v) is 4.16. The van der Waals surface area contributed by atoms with Gasteiger partial charge in [0.25, 0.3) is 11.8 Å². The van der Waals surface area contributed by atoms with Gasteiger partial charge >= 0.3 is 0 Å². The van der Waals surface area contributed by atoms with Crippen LogP contribution >= 0.6 is 0 Å². The Morgan fingerprint density at radius 3 is 2.08 bits per heavy atom. The van der Waals surface area contributed by atoms with Crippen molar-refractivity contribution in [2.24, 2.45) is 0 Å². The number of aryl methyl sites for hydroxylation is 1. The number of hydrogen-bond donors (Lipinski definition) is 0. The Kier molecular flexibility index (Phi) is 4.84. The van der Waals surface area contributed by atoms with Crippen molar-refractivity contribution < 1.29 is 9.59 Å². The Balaban J connectivity index is 1.65. The summed E-state index contributed by atoms with van der Waals surface area (Å²) in [5, 5.41) is 0. The van der Waals surface area contributed by atoms with Gasteiger partial charge in [-0.3, -0.25) is 19.6 Å². The van der Waals surface area contributed by atoms with Crippen LogP contribution in [0.1, 0.15) is 32.8 Å². The van der Waals surface area contributed by atoms with Crippen molar-refractivity contribution in [1.82, 2.24) is 19.8 Å². The first-order valence-corrected chi connectivity index (χ1v) is 8.06. The Labute approximate surface area is 141 Å². The largest absolute Gasteiger partial charge is 0.337 e. The summed E-state index contributed by atoms with van der Waals surface area (Å²) in [7, 11) is 0. The standard InChI is InChI=1S/C18H20N4O2/c1-14-3-4-16(13-20-14)18(24)22-10-2-9-21(11-12-22)17(23)15-5-7-19-8-6-15/h3-8,13H,2,9-12H2,1H3. The second-order valence-electron chi connectivity index (χ2n) is 5.86. The number of pyridine rings is 2. The minimum Gasteiger partial charge on any atom is -0.337 e. The first-order valence-electron chi connectivity index (χ1n) is 8.06. The zero-order valence-electron chi connectivity index (χ0n) is 13.7. The summed E-state index contributed by atoms with van der Waals surface area (Å²) in [6.07, 6.45) is 5.61. The van der Waals surface area contributed by atoms with E-state index in [1.54, 1.807) is 46.6 Å². The number of nitrogens with zero attached hydrogens (tertiary/aromatic N) is 4. The van der Waals surface area contributed by atoms with Crippen LogP contribution in [0.2, 0.25) is 0 Å². The molecule has 1 aliphatic heterocycles. The smallest absolute Gasteiger partial charge is 0.255 e. The molecule has 2 aromatic rings. The molecule has 3 heterocycles. The van der Waals surface area contributed by atoms with E-state index in [1.807, 2.05) is 13.0 Å². The molecule has 0 radical (unpaired) electrons. The molecule has 0 aliphatic carbocycles. The molecule has 1 fully saturated rings. The van der Waals surface area contributed by atoms with Crippen LogP contribution in [0.15, 0.2) is 42.9 Å². The molecule has 3 rings (SSSR count). The number of carbonyl (C=O) groups excluding carboxylic acids is 2. The number of carbonyl (C=O) groups is 2. The van der Waals surface area contributed by atoms with Gasteiger partial charge in [0.15, 0.2) is 0 Å². The van der Waals surface area contributed by atoms with E-state index in [4.69, 9.17) is 0 Å². The topological polar surface area (TPSA) is 66.4 Å². The van der Waals surface area contributed by atoms with Crippen LogP contribution in [0.3, 0.4) is 0 Å². The molecule has 0 atom stereocenters. The van der Waals surface area contributed by atoms with Gasteiger partial charge in [0.05, 0.1) is 5.56 Å². The van der Waals surface area contributed by atoms with Crippen LogP contribution in [0.25, 0.3) is 0 Å². The van der Waals surface area contributed by atoms with Gasteiger partial charge in [0.1, 0.15) is 0 Å². The SMILES string of the molecule is Cc1ccc(C(=O)N2CCCN(C(=O)c3ccncc3)CC2)cn1. The summed E-state index contributed by atoms with van der Waals surface area (Å²) >= 11 is 0. The molecule has 0 bridgehead atoms. The fraction of sp³-hybridized carbons (Fsp3) is 0.333. The normalized spacial score (nSPS) is 15.0. The van der Waals surface area contributed by atoms with Crippen molar-refractivity contribution in [2.75, 3.05) is 26.2 Å². The van der Waals surface area contributed by atoms with Crippen LogP contribution in [0, 0.1) is 6.92 Å². The van der Waals surface area contributed by atoms with Gasteiger partial charge in [-0.1, -0.05) is 0 Å². The maximum atomic E-state index is 12.6. The third kappa shape index (κ3) is 3.59. The summed E-state index contributed by atoms with van der Waals surface area (Å²) in [5.41, 5.74) is 2.11. The molecule has 0 saturated carbocycles. The highest BCUT2D eigenvalue weighted by molar-refractivity contribution is 5.95. The number of hydrogen-bond acceptors (Lipinski definition) is 4. The first-order chi connectivity index (χ1) is 11.6. The van der Waals surface area contributed by atoms with Crippen molar-refractivity contribution in [1.29, 1.82) is 0 Å². The van der Waals surface area contributed by atoms with E-state index in [2.05, 4.69) is 9.97 Å². The van der Waals surface area contributed by atoms with Gasteiger partial charge in [-0.15, -0.1) is 0 Å². The Hall–Kier alpha value is -2.76. The van der Waals surface area contributed by atoms with Crippen LogP contribution in [-0.4, -0.2) is 57.8 Å². The quantitative estimate of drug-likeness (QED) is 0.844. The highest BCUT2D eigenvalue weighted by Gasteiger charge is 2.23. The van der Waals surface area contributed by atoms with E-state index < -0.39 is 0 Å². The van der Waals surface area contributed by atoms with Gasteiger partial charge in [-0.05, 0) is 37.6 Å². The van der Waals surface area contributed by atoms with E-state index in [0.29, 0.717) is 37.3 Å². The van der Waals surface area contributed by atoms with Crippen molar-refractivity contribution >= 4 is 11.8 Å². The molecule has 1 saturated heterocycles. The molecule has 0 aromatic carbocycles. The van der Waals surface area contributed by atoms with E-state index in [-0.39, 0.29) is 11.8 Å². The molecular weight excluding hydrogens is 304 g/mol. The molecule has 6 nitrogen and oxygen atoms in total. The van der Waals surface area contributed by atoms with Gasteiger partial charge < -0.3 is 9.80 Å². The molecule has 2 aromatic heterocycles.